The van der Waals surface area contributed by atoms with Gasteiger partial charge in [-0.15, -0.1) is 0 Å². The molecule has 0 spiro atoms. The lowest BCUT2D eigenvalue weighted by molar-refractivity contribution is -0.114. The largest absolute Gasteiger partial charge is 0.294 e. The van der Waals surface area contributed by atoms with Gasteiger partial charge >= 0.3 is 0 Å². The summed E-state index contributed by atoms with van der Waals surface area (Å²) in [5, 5.41) is 0. The number of carbonyl (C=O) groups is 1. The van der Waals surface area contributed by atoms with Gasteiger partial charge in [0.15, 0.2) is 5.78 Å². The van der Waals surface area contributed by atoms with Gasteiger partial charge in [0.1, 0.15) is 0 Å². The number of allylic oxidation sites excluding steroid dienone is 4. The molecule has 3 rings (SSSR count). The Bertz CT molecular complexity index is 492. The fourth-order valence-corrected chi connectivity index (χ4v) is 2.39. The second-order valence-corrected chi connectivity index (χ2v) is 4.23. The van der Waals surface area contributed by atoms with E-state index < -0.39 is 0 Å². The lowest BCUT2D eigenvalue weighted by Gasteiger charge is -2.23. The second-order valence-electron chi connectivity index (χ2n) is 4.23. The Morgan fingerprint density at radius 1 is 0.867 bits per heavy atom. The van der Waals surface area contributed by atoms with E-state index in [2.05, 4.69) is 24.3 Å². The Morgan fingerprint density at radius 3 is 2.40 bits per heavy atom. The SMILES string of the molecule is O=C1C=CC2=C(C1)Cc1ccccc1C2. The van der Waals surface area contributed by atoms with Crippen LogP contribution in [0.2, 0.25) is 0 Å². The molecule has 1 aromatic rings. The molecule has 0 heterocycles. The Labute approximate surface area is 89.1 Å². The van der Waals surface area contributed by atoms with E-state index in [0.717, 1.165) is 12.8 Å². The Morgan fingerprint density at radius 2 is 1.60 bits per heavy atom. The molecule has 0 aromatic heterocycles. The van der Waals surface area contributed by atoms with Crippen molar-refractivity contribution in [3.05, 3.63) is 58.7 Å². The molecular formula is C14H12O. The van der Waals surface area contributed by atoms with E-state index in [0.29, 0.717) is 6.42 Å². The summed E-state index contributed by atoms with van der Waals surface area (Å²) in [5.74, 6) is 0.244. The molecule has 0 radical (unpaired) electrons. The first-order valence-corrected chi connectivity index (χ1v) is 5.31. The van der Waals surface area contributed by atoms with Gasteiger partial charge in [-0.25, -0.2) is 0 Å². The van der Waals surface area contributed by atoms with E-state index in [9.17, 15) is 4.79 Å². The Hall–Kier alpha value is -1.63. The van der Waals surface area contributed by atoms with Crippen molar-refractivity contribution in [2.24, 2.45) is 0 Å². The highest BCUT2D eigenvalue weighted by molar-refractivity contribution is 5.93. The molecule has 0 atom stereocenters. The Balaban J connectivity index is 2.02. The molecule has 74 valence electrons. The van der Waals surface area contributed by atoms with E-state index in [1.54, 1.807) is 6.08 Å². The monoisotopic (exact) mass is 196 g/mol. The fraction of sp³-hybridized carbons (Fsp3) is 0.214. The maximum atomic E-state index is 11.3. The van der Waals surface area contributed by atoms with Crippen LogP contribution in [0.3, 0.4) is 0 Å². The van der Waals surface area contributed by atoms with Gasteiger partial charge < -0.3 is 0 Å². The van der Waals surface area contributed by atoms with Crippen molar-refractivity contribution in [1.82, 2.24) is 0 Å². The van der Waals surface area contributed by atoms with E-state index in [-0.39, 0.29) is 5.78 Å². The highest BCUT2D eigenvalue weighted by Crippen LogP contribution is 2.30. The van der Waals surface area contributed by atoms with Crippen molar-refractivity contribution in [2.75, 3.05) is 0 Å². The maximum Gasteiger partial charge on any atom is 0.159 e. The van der Waals surface area contributed by atoms with Crippen LogP contribution in [-0.4, -0.2) is 5.78 Å². The van der Waals surface area contributed by atoms with Crippen LogP contribution < -0.4 is 0 Å². The third-order valence-electron chi connectivity index (χ3n) is 3.22. The molecule has 1 heteroatoms. The summed E-state index contributed by atoms with van der Waals surface area (Å²) in [6.07, 6.45) is 6.29. The summed E-state index contributed by atoms with van der Waals surface area (Å²) in [4.78, 5) is 11.3. The van der Waals surface area contributed by atoms with E-state index in [1.807, 2.05) is 6.08 Å². The first kappa shape index (κ1) is 8.66. The molecule has 2 aliphatic rings. The van der Waals surface area contributed by atoms with Crippen molar-refractivity contribution in [1.29, 1.82) is 0 Å². The third kappa shape index (κ3) is 1.44. The van der Waals surface area contributed by atoms with Crippen LogP contribution in [0.15, 0.2) is 47.6 Å². The highest BCUT2D eigenvalue weighted by atomic mass is 16.1. The van der Waals surface area contributed by atoms with E-state index in [4.69, 9.17) is 0 Å². The summed E-state index contributed by atoms with van der Waals surface area (Å²) in [7, 11) is 0. The third-order valence-corrected chi connectivity index (χ3v) is 3.22. The second kappa shape index (κ2) is 3.20. The zero-order valence-electron chi connectivity index (χ0n) is 8.49. The molecule has 0 saturated carbocycles. The molecule has 0 amide bonds. The van der Waals surface area contributed by atoms with Crippen molar-refractivity contribution >= 4 is 5.78 Å². The summed E-state index contributed by atoms with van der Waals surface area (Å²) >= 11 is 0. The summed E-state index contributed by atoms with van der Waals surface area (Å²) in [6, 6.07) is 8.51. The minimum atomic E-state index is 0.244. The number of benzene rings is 1. The first-order valence-electron chi connectivity index (χ1n) is 5.31. The fourth-order valence-electron chi connectivity index (χ4n) is 2.39. The lowest BCUT2D eigenvalue weighted by Crippen LogP contribution is -2.13. The van der Waals surface area contributed by atoms with Gasteiger partial charge in [0, 0.05) is 6.42 Å². The number of carbonyl (C=O) groups excluding carboxylic acids is 1. The lowest BCUT2D eigenvalue weighted by atomic mass is 9.82. The van der Waals surface area contributed by atoms with Gasteiger partial charge in [-0.2, -0.15) is 0 Å². The van der Waals surface area contributed by atoms with Gasteiger partial charge in [-0.05, 0) is 35.6 Å². The quantitative estimate of drug-likeness (QED) is 0.623. The molecule has 0 saturated heterocycles. The maximum absolute atomic E-state index is 11.3. The number of hydrogen-bond donors (Lipinski definition) is 0. The predicted molar refractivity (Wildman–Crippen MR) is 59.6 cm³/mol. The molecular weight excluding hydrogens is 184 g/mol. The topological polar surface area (TPSA) is 17.1 Å². The van der Waals surface area contributed by atoms with Crippen molar-refractivity contribution < 1.29 is 4.79 Å². The smallest absolute Gasteiger partial charge is 0.159 e. The minimum Gasteiger partial charge on any atom is -0.294 e. The molecule has 1 nitrogen and oxygen atoms in total. The molecule has 0 fully saturated rings. The Kier molecular flexibility index (Phi) is 1.84. The van der Waals surface area contributed by atoms with Gasteiger partial charge in [-0.1, -0.05) is 35.9 Å². The van der Waals surface area contributed by atoms with Gasteiger partial charge in [0.25, 0.3) is 0 Å². The van der Waals surface area contributed by atoms with Crippen LogP contribution in [-0.2, 0) is 17.6 Å². The summed E-state index contributed by atoms with van der Waals surface area (Å²) in [6.45, 7) is 0. The van der Waals surface area contributed by atoms with Crippen LogP contribution in [0, 0.1) is 0 Å². The van der Waals surface area contributed by atoms with Crippen molar-refractivity contribution in [2.45, 2.75) is 19.3 Å². The number of rotatable bonds is 0. The molecule has 15 heavy (non-hydrogen) atoms. The zero-order valence-corrected chi connectivity index (χ0v) is 8.49. The zero-order chi connectivity index (χ0) is 10.3. The van der Waals surface area contributed by atoms with Gasteiger partial charge in [-0.3, -0.25) is 4.79 Å². The van der Waals surface area contributed by atoms with Gasteiger partial charge in [0.05, 0.1) is 0 Å². The number of hydrogen-bond acceptors (Lipinski definition) is 1. The van der Waals surface area contributed by atoms with E-state index >= 15 is 0 Å². The predicted octanol–water partition coefficient (Wildman–Crippen LogP) is 2.61. The number of ketones is 1. The standard InChI is InChI=1S/C14H12O/c15-14-6-5-12-7-10-3-1-2-4-11(10)8-13(12)9-14/h1-6H,7-9H2. The van der Waals surface area contributed by atoms with Crippen LogP contribution >= 0.6 is 0 Å². The molecule has 1 aromatic carbocycles. The van der Waals surface area contributed by atoms with E-state index in [1.165, 1.54) is 22.3 Å². The van der Waals surface area contributed by atoms with Crippen LogP contribution in [0.4, 0.5) is 0 Å². The molecule has 0 N–H and O–H groups in total. The van der Waals surface area contributed by atoms with Crippen LogP contribution in [0.25, 0.3) is 0 Å². The first-order chi connectivity index (χ1) is 7.33. The molecule has 0 unspecified atom stereocenters. The average Bonchev–Trinajstić information content (AvgIpc) is 2.26. The summed E-state index contributed by atoms with van der Waals surface area (Å²) in [5.41, 5.74) is 5.48. The van der Waals surface area contributed by atoms with Crippen LogP contribution in [0.1, 0.15) is 17.5 Å². The highest BCUT2D eigenvalue weighted by Gasteiger charge is 2.20. The number of fused-ring (bicyclic) bond motifs is 1. The normalized spacial score (nSPS) is 18.8. The molecule has 0 bridgehead atoms. The molecule has 0 aliphatic heterocycles. The minimum absolute atomic E-state index is 0.244. The van der Waals surface area contributed by atoms with Crippen LogP contribution in [0.5, 0.6) is 0 Å². The van der Waals surface area contributed by atoms with Crippen molar-refractivity contribution in [3.63, 3.8) is 0 Å². The average molecular weight is 196 g/mol. The summed E-state index contributed by atoms with van der Waals surface area (Å²) < 4.78 is 0. The molecule has 2 aliphatic carbocycles. The van der Waals surface area contributed by atoms with Gasteiger partial charge in [0.2, 0.25) is 0 Å². The van der Waals surface area contributed by atoms with Crippen molar-refractivity contribution in [3.8, 4) is 0 Å².